The zero-order valence-corrected chi connectivity index (χ0v) is 16.2. The van der Waals surface area contributed by atoms with E-state index in [9.17, 15) is 9.90 Å². The van der Waals surface area contributed by atoms with Gasteiger partial charge in [-0.3, -0.25) is 4.90 Å². The topological polar surface area (TPSA) is 65.0 Å². The average Bonchev–Trinajstić information content (AvgIpc) is 2.84. The van der Waals surface area contributed by atoms with Crippen molar-refractivity contribution in [3.63, 3.8) is 0 Å². The lowest BCUT2D eigenvalue weighted by atomic mass is 9.68. The van der Waals surface area contributed by atoms with Crippen molar-refractivity contribution in [2.24, 2.45) is 0 Å². The number of rotatable bonds is 2. The molecule has 1 aromatic rings. The van der Waals surface area contributed by atoms with E-state index in [2.05, 4.69) is 28.4 Å². The molecule has 2 fully saturated rings. The van der Waals surface area contributed by atoms with Gasteiger partial charge in [-0.25, -0.2) is 4.79 Å². The third-order valence-corrected chi connectivity index (χ3v) is 6.70. The first-order chi connectivity index (χ1) is 13.1. The number of carbonyl (C=O) groups excluding carboxylic acids is 1. The number of benzene rings is 1. The predicted octanol–water partition coefficient (Wildman–Crippen LogP) is 2.78. The Labute approximate surface area is 161 Å². The molecule has 1 aromatic carbocycles. The van der Waals surface area contributed by atoms with Crippen LogP contribution in [-0.4, -0.2) is 66.1 Å². The van der Waals surface area contributed by atoms with E-state index in [-0.39, 0.29) is 11.5 Å². The van der Waals surface area contributed by atoms with Gasteiger partial charge >= 0.3 is 6.09 Å². The summed E-state index contributed by atoms with van der Waals surface area (Å²) in [6, 6.07) is 8.87. The van der Waals surface area contributed by atoms with Crippen LogP contribution in [0.15, 0.2) is 24.3 Å². The number of para-hydroxylation sites is 1. The first-order valence-electron chi connectivity index (χ1n) is 10.3. The average molecular weight is 373 g/mol. The van der Waals surface area contributed by atoms with Crippen LogP contribution in [0.1, 0.15) is 44.6 Å². The summed E-state index contributed by atoms with van der Waals surface area (Å²) in [5.74, 6) is 0. The smallest absolute Gasteiger partial charge is 0.409 e. The van der Waals surface area contributed by atoms with Crippen LogP contribution in [0.25, 0.3) is 0 Å². The van der Waals surface area contributed by atoms with Gasteiger partial charge in [-0.2, -0.15) is 0 Å². The lowest BCUT2D eigenvalue weighted by Crippen LogP contribution is -2.48. The Balaban J connectivity index is 1.38. The van der Waals surface area contributed by atoms with Gasteiger partial charge in [0.15, 0.2) is 0 Å². The van der Waals surface area contributed by atoms with Gasteiger partial charge in [0.2, 0.25) is 0 Å². The molecule has 2 N–H and O–H groups in total. The summed E-state index contributed by atoms with van der Waals surface area (Å²) in [7, 11) is 0. The number of nitrogens with zero attached hydrogens (tertiary/aromatic N) is 2. The number of aliphatic hydroxyl groups is 1. The molecule has 0 bridgehead atoms. The van der Waals surface area contributed by atoms with Crippen molar-refractivity contribution in [3.8, 4) is 0 Å². The van der Waals surface area contributed by atoms with E-state index >= 15 is 0 Å². The molecule has 0 radical (unpaired) electrons. The van der Waals surface area contributed by atoms with E-state index in [1.165, 1.54) is 5.56 Å². The Morgan fingerprint density at radius 3 is 2.78 bits per heavy atom. The lowest BCUT2D eigenvalue weighted by molar-refractivity contribution is 0.0532. The number of hydrogen-bond acceptors (Lipinski definition) is 5. The molecule has 2 aliphatic heterocycles. The molecule has 3 aliphatic rings. The molecule has 6 heteroatoms. The Bertz CT molecular complexity index is 672. The van der Waals surface area contributed by atoms with Crippen molar-refractivity contribution in [2.75, 3.05) is 38.1 Å². The van der Waals surface area contributed by atoms with Crippen molar-refractivity contribution < 1.29 is 14.6 Å². The minimum Gasteiger partial charge on any atom is -0.450 e. The summed E-state index contributed by atoms with van der Waals surface area (Å²) < 4.78 is 5.16. The molecule has 6 nitrogen and oxygen atoms in total. The highest BCUT2D eigenvalue weighted by molar-refractivity contribution is 5.67. The molecule has 27 heavy (non-hydrogen) atoms. The monoisotopic (exact) mass is 373 g/mol. The molecule has 1 unspecified atom stereocenters. The molecular formula is C21H31N3O3. The highest BCUT2D eigenvalue weighted by atomic mass is 16.6. The van der Waals surface area contributed by atoms with Crippen molar-refractivity contribution >= 4 is 11.8 Å². The van der Waals surface area contributed by atoms with Gasteiger partial charge in [-0.15, -0.1) is 0 Å². The highest BCUT2D eigenvalue weighted by Crippen LogP contribution is 2.49. The first kappa shape index (κ1) is 18.6. The predicted molar refractivity (Wildman–Crippen MR) is 105 cm³/mol. The number of carbonyl (C=O) groups is 1. The highest BCUT2D eigenvalue weighted by Gasteiger charge is 2.48. The zero-order chi connectivity index (χ0) is 18.9. The maximum absolute atomic E-state index is 12.0. The van der Waals surface area contributed by atoms with Gasteiger partial charge in [-0.1, -0.05) is 18.2 Å². The summed E-state index contributed by atoms with van der Waals surface area (Å²) in [6.07, 6.45) is 4.51. The number of fused-ring (bicyclic) bond motifs is 2. The summed E-state index contributed by atoms with van der Waals surface area (Å²) in [5.41, 5.74) is 2.22. The minimum atomic E-state index is -0.487. The van der Waals surface area contributed by atoms with Crippen molar-refractivity contribution in [1.29, 1.82) is 0 Å². The molecule has 1 saturated heterocycles. The zero-order valence-electron chi connectivity index (χ0n) is 16.2. The molecule has 1 aliphatic carbocycles. The SMILES string of the molecule is CCOC(=O)N1CCCN(C2CCC3(CC2)c2ccccc2NC3O)CC1. The molecule has 1 spiro atoms. The molecule has 148 valence electrons. The standard InChI is InChI=1S/C21H31N3O3/c1-2-27-20(26)24-13-5-12-23(14-15-24)16-8-10-21(11-9-16)17-6-3-4-7-18(17)22-19(21)25/h3-4,6-7,16,19,22,25H,2,5,8-15H2,1H3. The van der Waals surface area contributed by atoms with Crippen LogP contribution in [-0.2, 0) is 10.2 Å². The number of anilines is 1. The van der Waals surface area contributed by atoms with Crippen LogP contribution in [0.2, 0.25) is 0 Å². The summed E-state index contributed by atoms with van der Waals surface area (Å²) >= 11 is 0. The Morgan fingerprint density at radius 1 is 1.22 bits per heavy atom. The lowest BCUT2D eigenvalue weighted by Gasteiger charge is -2.43. The second-order valence-electron chi connectivity index (χ2n) is 8.06. The van der Waals surface area contributed by atoms with E-state index in [0.29, 0.717) is 12.6 Å². The number of hydrogen-bond donors (Lipinski definition) is 2. The molecular weight excluding hydrogens is 342 g/mol. The van der Waals surface area contributed by atoms with Crippen molar-refractivity contribution in [1.82, 2.24) is 9.80 Å². The normalized spacial score (nSPS) is 31.3. The van der Waals surface area contributed by atoms with Gasteiger partial charge in [0.25, 0.3) is 0 Å². The fourth-order valence-corrected chi connectivity index (χ4v) is 5.20. The second-order valence-corrected chi connectivity index (χ2v) is 8.06. The largest absolute Gasteiger partial charge is 0.450 e. The quantitative estimate of drug-likeness (QED) is 0.835. The van der Waals surface area contributed by atoms with Gasteiger partial charge in [0.05, 0.1) is 6.61 Å². The van der Waals surface area contributed by atoms with Gasteiger partial charge in [0, 0.05) is 43.3 Å². The fourth-order valence-electron chi connectivity index (χ4n) is 5.20. The molecule has 2 heterocycles. The van der Waals surface area contributed by atoms with Crippen LogP contribution in [0.5, 0.6) is 0 Å². The fraction of sp³-hybridized carbons (Fsp3) is 0.667. The Morgan fingerprint density at radius 2 is 2.00 bits per heavy atom. The molecule has 0 aromatic heterocycles. The number of amides is 1. The van der Waals surface area contributed by atoms with Gasteiger partial charge in [0.1, 0.15) is 6.23 Å². The number of ether oxygens (including phenoxy) is 1. The molecule has 1 amide bonds. The summed E-state index contributed by atoms with van der Waals surface area (Å²) in [5, 5.41) is 14.0. The van der Waals surface area contributed by atoms with Crippen molar-refractivity contribution in [3.05, 3.63) is 29.8 Å². The van der Waals surface area contributed by atoms with Gasteiger partial charge < -0.3 is 20.1 Å². The summed E-state index contributed by atoms with van der Waals surface area (Å²) in [6.45, 7) is 5.75. The number of aliphatic hydroxyl groups excluding tert-OH is 1. The van der Waals surface area contributed by atoms with Crippen LogP contribution >= 0.6 is 0 Å². The third kappa shape index (κ3) is 3.41. The summed E-state index contributed by atoms with van der Waals surface area (Å²) in [4.78, 5) is 16.4. The molecule has 1 atom stereocenters. The molecule has 1 saturated carbocycles. The maximum Gasteiger partial charge on any atom is 0.409 e. The van der Waals surface area contributed by atoms with Gasteiger partial charge in [-0.05, 0) is 50.7 Å². The van der Waals surface area contributed by atoms with E-state index in [4.69, 9.17) is 4.74 Å². The van der Waals surface area contributed by atoms with E-state index < -0.39 is 6.23 Å². The van der Waals surface area contributed by atoms with Crippen LogP contribution < -0.4 is 5.32 Å². The Kier molecular flexibility index (Phi) is 5.28. The van der Waals surface area contributed by atoms with E-state index in [1.54, 1.807) is 0 Å². The van der Waals surface area contributed by atoms with E-state index in [1.807, 2.05) is 17.9 Å². The number of nitrogens with one attached hydrogen (secondary N) is 1. The van der Waals surface area contributed by atoms with Crippen LogP contribution in [0.3, 0.4) is 0 Å². The maximum atomic E-state index is 12.0. The third-order valence-electron chi connectivity index (χ3n) is 6.70. The van der Waals surface area contributed by atoms with Crippen LogP contribution in [0.4, 0.5) is 10.5 Å². The van der Waals surface area contributed by atoms with Crippen LogP contribution in [0, 0.1) is 0 Å². The molecule has 4 rings (SSSR count). The minimum absolute atomic E-state index is 0.143. The van der Waals surface area contributed by atoms with Crippen molar-refractivity contribution in [2.45, 2.75) is 56.7 Å². The first-order valence-corrected chi connectivity index (χ1v) is 10.3. The van der Waals surface area contributed by atoms with E-state index in [0.717, 1.165) is 64.0 Å². The Hall–Kier alpha value is -1.79. The second kappa shape index (κ2) is 7.68.